The van der Waals surface area contributed by atoms with E-state index in [9.17, 15) is 4.79 Å². The van der Waals surface area contributed by atoms with Crippen molar-refractivity contribution >= 4 is 34.3 Å². The second kappa shape index (κ2) is 4.84. The zero-order chi connectivity index (χ0) is 11.5. The van der Waals surface area contributed by atoms with E-state index < -0.39 is 0 Å². The normalized spacial score (nSPS) is 17.8. The number of hydrogen-bond donors (Lipinski definition) is 0. The maximum atomic E-state index is 11.5. The molecule has 84 valence electrons. The van der Waals surface area contributed by atoms with Crippen molar-refractivity contribution in [2.75, 3.05) is 6.61 Å². The number of benzene rings is 1. The Morgan fingerprint density at radius 3 is 3.06 bits per heavy atom. The summed E-state index contributed by atoms with van der Waals surface area (Å²) in [5.74, 6) is -0.299. The molecule has 1 atom stereocenters. The highest BCUT2D eigenvalue weighted by Crippen LogP contribution is 2.39. The van der Waals surface area contributed by atoms with Crippen LogP contribution in [0.1, 0.15) is 28.3 Å². The van der Waals surface area contributed by atoms with Gasteiger partial charge in [0, 0.05) is 5.56 Å². The first-order valence-corrected chi connectivity index (χ1v) is 6.14. The summed E-state index contributed by atoms with van der Waals surface area (Å²) in [6.07, 6.45) is 0. The Labute approximate surface area is 103 Å². The van der Waals surface area contributed by atoms with Gasteiger partial charge < -0.3 is 9.47 Å². The molecule has 1 aliphatic heterocycles. The Kier molecular flexibility index (Phi) is 3.46. The highest BCUT2D eigenvalue weighted by molar-refractivity contribution is 8.22. The van der Waals surface area contributed by atoms with Crippen LogP contribution < -0.4 is 0 Å². The third kappa shape index (κ3) is 2.20. The molecular formula is C11H10O3S2. The first-order valence-electron chi connectivity index (χ1n) is 4.85. The summed E-state index contributed by atoms with van der Waals surface area (Å²) in [6, 6.07) is 7.31. The number of rotatable bonds is 2. The predicted molar refractivity (Wildman–Crippen MR) is 66.4 cm³/mol. The smallest absolute Gasteiger partial charge is 0.340 e. The largest absolute Gasteiger partial charge is 0.479 e. The van der Waals surface area contributed by atoms with Gasteiger partial charge in [0.25, 0.3) is 0 Å². The quantitative estimate of drug-likeness (QED) is 0.599. The molecule has 0 saturated heterocycles. The molecule has 1 heterocycles. The second-order valence-electron chi connectivity index (χ2n) is 3.13. The van der Waals surface area contributed by atoms with E-state index in [1.54, 1.807) is 6.07 Å². The van der Waals surface area contributed by atoms with E-state index >= 15 is 0 Å². The Hall–Kier alpha value is -1.07. The molecule has 1 aliphatic rings. The van der Waals surface area contributed by atoms with E-state index in [-0.39, 0.29) is 11.4 Å². The maximum Gasteiger partial charge on any atom is 0.340 e. The number of hydrogen-bond acceptors (Lipinski definition) is 5. The van der Waals surface area contributed by atoms with Crippen molar-refractivity contribution in [2.24, 2.45) is 0 Å². The Morgan fingerprint density at radius 2 is 2.31 bits per heavy atom. The summed E-state index contributed by atoms with van der Waals surface area (Å²) in [5, 5.41) is 0. The van der Waals surface area contributed by atoms with Gasteiger partial charge in [-0.3, -0.25) is 0 Å². The monoisotopic (exact) mass is 254 g/mol. The predicted octanol–water partition coefficient (Wildman–Crippen LogP) is 2.91. The zero-order valence-electron chi connectivity index (χ0n) is 8.64. The van der Waals surface area contributed by atoms with Crippen LogP contribution in [-0.4, -0.2) is 17.0 Å². The Bertz CT molecular complexity index is 431. The van der Waals surface area contributed by atoms with Crippen molar-refractivity contribution < 1.29 is 14.3 Å². The van der Waals surface area contributed by atoms with E-state index in [4.69, 9.17) is 21.7 Å². The lowest BCUT2D eigenvalue weighted by Crippen LogP contribution is -2.01. The average molecular weight is 254 g/mol. The van der Waals surface area contributed by atoms with Gasteiger partial charge in [0.1, 0.15) is 0 Å². The van der Waals surface area contributed by atoms with E-state index in [1.165, 1.54) is 11.8 Å². The van der Waals surface area contributed by atoms with Gasteiger partial charge in [0.05, 0.1) is 12.2 Å². The molecule has 0 aromatic heterocycles. The molecule has 16 heavy (non-hydrogen) atoms. The van der Waals surface area contributed by atoms with Crippen LogP contribution in [0.2, 0.25) is 0 Å². The van der Waals surface area contributed by atoms with Gasteiger partial charge in [0.15, 0.2) is 5.44 Å². The molecule has 0 bridgehead atoms. The molecule has 0 radical (unpaired) electrons. The molecule has 1 unspecified atom stereocenters. The zero-order valence-corrected chi connectivity index (χ0v) is 10.3. The lowest BCUT2D eigenvalue weighted by molar-refractivity contribution is 0.0523. The topological polar surface area (TPSA) is 35.5 Å². The fourth-order valence-corrected chi connectivity index (χ4v) is 2.65. The van der Waals surface area contributed by atoms with Crippen LogP contribution in [0, 0.1) is 0 Å². The molecule has 5 heteroatoms. The van der Waals surface area contributed by atoms with Gasteiger partial charge in [-0.15, -0.1) is 0 Å². The number of carbonyl (C=O) groups excluding carboxylic acids is 1. The van der Waals surface area contributed by atoms with Gasteiger partial charge in [-0.1, -0.05) is 18.2 Å². The minimum Gasteiger partial charge on any atom is -0.479 e. The number of carbonyl (C=O) groups is 1. The van der Waals surface area contributed by atoms with Crippen molar-refractivity contribution in [3.8, 4) is 0 Å². The molecule has 0 spiro atoms. The minimum atomic E-state index is -0.372. The van der Waals surface area contributed by atoms with Crippen molar-refractivity contribution in [3.05, 3.63) is 35.4 Å². The van der Waals surface area contributed by atoms with Crippen LogP contribution in [0.3, 0.4) is 0 Å². The summed E-state index contributed by atoms with van der Waals surface area (Å²) in [5.41, 5.74) is 1.10. The average Bonchev–Trinajstić information content (AvgIpc) is 2.57. The van der Waals surface area contributed by atoms with Crippen LogP contribution in [0.5, 0.6) is 0 Å². The van der Waals surface area contributed by atoms with Crippen molar-refractivity contribution in [3.63, 3.8) is 0 Å². The molecule has 0 saturated carbocycles. The third-order valence-electron chi connectivity index (χ3n) is 2.11. The molecule has 1 aromatic carbocycles. The number of fused-ring (bicyclic) bond motifs is 1. The first-order chi connectivity index (χ1) is 7.72. The molecule has 1 aromatic rings. The van der Waals surface area contributed by atoms with Gasteiger partial charge >= 0.3 is 5.97 Å². The Balaban J connectivity index is 2.15. The van der Waals surface area contributed by atoms with Gasteiger partial charge in [-0.25, -0.2) is 4.79 Å². The highest BCUT2D eigenvalue weighted by atomic mass is 32.2. The molecule has 0 fully saturated rings. The van der Waals surface area contributed by atoms with Crippen LogP contribution in [0.4, 0.5) is 0 Å². The summed E-state index contributed by atoms with van der Waals surface area (Å²) >= 11 is 6.25. The van der Waals surface area contributed by atoms with Crippen LogP contribution in [-0.2, 0) is 9.47 Å². The molecule has 3 nitrogen and oxygen atoms in total. The molecular weight excluding hydrogens is 244 g/mol. The SMILES string of the molecule is CCOC(=S)SC1OC(=O)c2ccccc21. The summed E-state index contributed by atoms with van der Waals surface area (Å²) in [4.78, 5) is 11.5. The van der Waals surface area contributed by atoms with E-state index in [2.05, 4.69) is 0 Å². The number of esters is 1. The fourth-order valence-electron chi connectivity index (χ4n) is 1.44. The Morgan fingerprint density at radius 1 is 1.56 bits per heavy atom. The van der Waals surface area contributed by atoms with Crippen LogP contribution in [0.25, 0.3) is 0 Å². The molecule has 2 rings (SSSR count). The molecule has 0 aliphatic carbocycles. The standard InChI is InChI=1S/C11H10O3S2/c1-2-13-11(15)16-10-8-6-4-3-5-7(8)9(12)14-10/h3-6,10H,2H2,1H3. The third-order valence-corrected chi connectivity index (χ3v) is 3.40. The van der Waals surface area contributed by atoms with Crippen molar-refractivity contribution in [1.29, 1.82) is 0 Å². The number of ether oxygens (including phenoxy) is 2. The molecule has 0 N–H and O–H groups in total. The second-order valence-corrected chi connectivity index (χ2v) is 4.79. The first kappa shape index (κ1) is 11.4. The van der Waals surface area contributed by atoms with Crippen molar-refractivity contribution in [1.82, 2.24) is 0 Å². The lowest BCUT2D eigenvalue weighted by atomic mass is 10.1. The summed E-state index contributed by atoms with van der Waals surface area (Å²) in [6.45, 7) is 2.38. The number of thiocarbonyl (C=S) groups is 1. The number of cyclic esters (lactones) is 1. The maximum absolute atomic E-state index is 11.5. The summed E-state index contributed by atoms with van der Waals surface area (Å²) < 4.78 is 10.8. The fraction of sp³-hybridized carbons (Fsp3) is 0.273. The summed E-state index contributed by atoms with van der Waals surface area (Å²) in [7, 11) is 0. The van der Waals surface area contributed by atoms with E-state index in [1.807, 2.05) is 25.1 Å². The van der Waals surface area contributed by atoms with Gasteiger partial charge in [-0.05, 0) is 37.0 Å². The molecule has 0 amide bonds. The van der Waals surface area contributed by atoms with Crippen LogP contribution in [0.15, 0.2) is 24.3 Å². The van der Waals surface area contributed by atoms with Gasteiger partial charge in [0.2, 0.25) is 4.38 Å². The number of thioether (sulfide) groups is 1. The van der Waals surface area contributed by atoms with Crippen LogP contribution >= 0.6 is 24.0 Å². The van der Waals surface area contributed by atoms with E-state index in [0.717, 1.165) is 5.56 Å². The van der Waals surface area contributed by atoms with Gasteiger partial charge in [-0.2, -0.15) is 0 Å². The van der Waals surface area contributed by atoms with Crippen molar-refractivity contribution in [2.45, 2.75) is 12.4 Å². The minimum absolute atomic E-state index is 0.299. The lowest BCUT2D eigenvalue weighted by Gasteiger charge is -2.10. The highest BCUT2D eigenvalue weighted by Gasteiger charge is 2.32. The van der Waals surface area contributed by atoms with E-state index in [0.29, 0.717) is 16.6 Å².